The molecule has 1 aliphatic carbocycles. The summed E-state index contributed by atoms with van der Waals surface area (Å²) in [7, 11) is 0. The minimum Gasteiger partial charge on any atom is -0.454 e. The third-order valence-corrected chi connectivity index (χ3v) is 5.60. The Hall–Kier alpha value is -2.21. The molecule has 1 fully saturated rings. The number of anilines is 1. The quantitative estimate of drug-likeness (QED) is 0.877. The zero-order valence-electron chi connectivity index (χ0n) is 13.3. The van der Waals surface area contributed by atoms with Crippen molar-refractivity contribution in [2.24, 2.45) is 0 Å². The molecule has 24 heavy (non-hydrogen) atoms. The van der Waals surface area contributed by atoms with Gasteiger partial charge in [-0.15, -0.1) is 0 Å². The van der Waals surface area contributed by atoms with E-state index in [0.29, 0.717) is 23.7 Å². The van der Waals surface area contributed by atoms with E-state index in [0.717, 1.165) is 12.8 Å². The second-order valence-electron chi connectivity index (χ2n) is 6.38. The minimum absolute atomic E-state index is 0.0895. The van der Waals surface area contributed by atoms with Gasteiger partial charge in [0, 0.05) is 23.7 Å². The molecule has 2 N–H and O–H groups in total. The summed E-state index contributed by atoms with van der Waals surface area (Å²) in [5.41, 5.74) is 2.15. The van der Waals surface area contributed by atoms with E-state index in [9.17, 15) is 4.79 Å². The highest BCUT2D eigenvalue weighted by Crippen LogP contribution is 2.41. The molecule has 1 saturated carbocycles. The van der Waals surface area contributed by atoms with Crippen molar-refractivity contribution in [2.45, 2.75) is 31.1 Å². The van der Waals surface area contributed by atoms with Crippen LogP contribution in [0.15, 0.2) is 35.0 Å². The first kappa shape index (κ1) is 15.3. The number of carbonyl (C=O) groups is 1. The zero-order valence-corrected chi connectivity index (χ0v) is 14.2. The molecule has 0 bridgehead atoms. The number of benzene rings is 1. The lowest BCUT2D eigenvalue weighted by atomic mass is 9.80. The number of rotatable bonds is 4. The van der Waals surface area contributed by atoms with Crippen LogP contribution in [0.5, 0.6) is 11.5 Å². The molecular formula is C18H20N2O3S. The number of carbonyl (C=O) groups excluding carboxylic acids is 1. The fourth-order valence-corrected chi connectivity index (χ4v) is 4.36. The fourth-order valence-electron chi connectivity index (χ4n) is 3.58. The average molecular weight is 344 g/mol. The number of fused-ring (bicyclic) bond motifs is 1. The van der Waals surface area contributed by atoms with Gasteiger partial charge in [-0.05, 0) is 47.4 Å². The summed E-state index contributed by atoms with van der Waals surface area (Å²) < 4.78 is 10.6. The summed E-state index contributed by atoms with van der Waals surface area (Å²) in [5.74, 6) is 1.38. The van der Waals surface area contributed by atoms with E-state index in [-0.39, 0.29) is 18.2 Å². The van der Waals surface area contributed by atoms with E-state index in [2.05, 4.69) is 27.5 Å². The first-order valence-electron chi connectivity index (χ1n) is 8.22. The van der Waals surface area contributed by atoms with E-state index < -0.39 is 0 Å². The fraction of sp³-hybridized carbons (Fsp3) is 0.389. The third kappa shape index (κ3) is 2.94. The van der Waals surface area contributed by atoms with E-state index in [1.54, 1.807) is 17.4 Å². The molecule has 0 unspecified atom stereocenters. The van der Waals surface area contributed by atoms with Crippen LogP contribution in [0.2, 0.25) is 0 Å². The van der Waals surface area contributed by atoms with Gasteiger partial charge in [-0.25, -0.2) is 4.79 Å². The number of amides is 2. The summed E-state index contributed by atoms with van der Waals surface area (Å²) in [6.07, 6.45) is 4.71. The van der Waals surface area contributed by atoms with Gasteiger partial charge in [0.2, 0.25) is 6.79 Å². The Bertz CT molecular complexity index is 724. The van der Waals surface area contributed by atoms with Crippen LogP contribution in [-0.4, -0.2) is 19.4 Å². The number of hydrogen-bond acceptors (Lipinski definition) is 4. The second kappa shape index (κ2) is 6.36. The van der Waals surface area contributed by atoms with Gasteiger partial charge in [-0.3, -0.25) is 0 Å². The predicted molar refractivity (Wildman–Crippen MR) is 94.1 cm³/mol. The molecule has 6 heteroatoms. The molecule has 0 spiro atoms. The van der Waals surface area contributed by atoms with Crippen molar-refractivity contribution in [1.29, 1.82) is 0 Å². The molecule has 0 saturated heterocycles. The summed E-state index contributed by atoms with van der Waals surface area (Å²) in [6.45, 7) is 0.897. The van der Waals surface area contributed by atoms with Crippen molar-refractivity contribution in [3.05, 3.63) is 40.6 Å². The lowest BCUT2D eigenvalue weighted by molar-refractivity contribution is 0.174. The predicted octanol–water partition coefficient (Wildman–Crippen LogP) is 4.11. The van der Waals surface area contributed by atoms with Crippen molar-refractivity contribution in [1.82, 2.24) is 5.32 Å². The van der Waals surface area contributed by atoms with Crippen LogP contribution < -0.4 is 20.1 Å². The lowest BCUT2D eigenvalue weighted by Crippen LogP contribution is -2.40. The standard InChI is InChI=1S/C18H20N2O3S/c21-17(20-14-3-4-15-16(9-14)23-12-22-15)19-11-18(6-1-2-7-18)13-5-8-24-10-13/h3-5,8-10H,1-2,6-7,11-12H2,(H2,19,20,21). The molecule has 5 nitrogen and oxygen atoms in total. The van der Waals surface area contributed by atoms with Crippen molar-refractivity contribution in [3.8, 4) is 11.5 Å². The van der Waals surface area contributed by atoms with Gasteiger partial charge < -0.3 is 20.1 Å². The Labute approximate surface area is 145 Å². The number of nitrogens with one attached hydrogen (secondary N) is 2. The molecule has 1 aliphatic heterocycles. The lowest BCUT2D eigenvalue weighted by Gasteiger charge is -2.28. The summed E-state index contributed by atoms with van der Waals surface area (Å²) in [4.78, 5) is 12.3. The molecule has 2 aromatic rings. The van der Waals surface area contributed by atoms with Gasteiger partial charge in [0.05, 0.1) is 0 Å². The van der Waals surface area contributed by atoms with Crippen molar-refractivity contribution >= 4 is 23.1 Å². The van der Waals surface area contributed by atoms with Crippen LogP contribution in [0.4, 0.5) is 10.5 Å². The van der Waals surface area contributed by atoms with Crippen molar-refractivity contribution < 1.29 is 14.3 Å². The molecule has 126 valence electrons. The highest BCUT2D eigenvalue weighted by molar-refractivity contribution is 7.08. The van der Waals surface area contributed by atoms with Gasteiger partial charge in [0.15, 0.2) is 11.5 Å². The zero-order chi connectivity index (χ0) is 16.4. The summed E-state index contributed by atoms with van der Waals surface area (Å²) in [6, 6.07) is 7.41. The molecule has 1 aromatic carbocycles. The minimum atomic E-state index is -0.185. The van der Waals surface area contributed by atoms with E-state index in [1.165, 1.54) is 18.4 Å². The summed E-state index contributed by atoms with van der Waals surface area (Å²) >= 11 is 1.72. The molecule has 4 rings (SSSR count). The molecule has 0 atom stereocenters. The van der Waals surface area contributed by atoms with E-state index in [4.69, 9.17) is 9.47 Å². The largest absolute Gasteiger partial charge is 0.454 e. The van der Waals surface area contributed by atoms with Gasteiger partial charge in [-0.1, -0.05) is 12.8 Å². The van der Waals surface area contributed by atoms with E-state index in [1.807, 2.05) is 12.1 Å². The van der Waals surface area contributed by atoms with Gasteiger partial charge in [-0.2, -0.15) is 11.3 Å². The average Bonchev–Trinajstić information content (AvgIpc) is 3.32. The maximum atomic E-state index is 12.3. The van der Waals surface area contributed by atoms with Gasteiger partial charge in [0.1, 0.15) is 0 Å². The second-order valence-corrected chi connectivity index (χ2v) is 7.16. The number of hydrogen-bond donors (Lipinski definition) is 2. The Morgan fingerprint density at radius 1 is 1.17 bits per heavy atom. The van der Waals surface area contributed by atoms with E-state index >= 15 is 0 Å². The monoisotopic (exact) mass is 344 g/mol. The highest BCUT2D eigenvalue weighted by atomic mass is 32.1. The normalized spacial score (nSPS) is 17.7. The van der Waals surface area contributed by atoms with Crippen LogP contribution >= 0.6 is 11.3 Å². The number of urea groups is 1. The Morgan fingerprint density at radius 2 is 2.00 bits per heavy atom. The maximum absolute atomic E-state index is 12.3. The maximum Gasteiger partial charge on any atom is 0.319 e. The smallest absolute Gasteiger partial charge is 0.319 e. The molecule has 0 radical (unpaired) electrons. The first-order valence-corrected chi connectivity index (χ1v) is 9.17. The van der Waals surface area contributed by atoms with Crippen molar-refractivity contribution in [2.75, 3.05) is 18.7 Å². The molecule has 2 amide bonds. The molecular weight excluding hydrogens is 324 g/mol. The van der Waals surface area contributed by atoms with Crippen LogP contribution in [0.25, 0.3) is 0 Å². The number of ether oxygens (including phenoxy) is 2. The highest BCUT2D eigenvalue weighted by Gasteiger charge is 2.36. The molecule has 2 heterocycles. The Balaban J connectivity index is 1.39. The van der Waals surface area contributed by atoms with Crippen LogP contribution in [0.1, 0.15) is 31.2 Å². The molecule has 2 aliphatic rings. The van der Waals surface area contributed by atoms with Crippen LogP contribution in [-0.2, 0) is 5.41 Å². The van der Waals surface area contributed by atoms with Crippen molar-refractivity contribution in [3.63, 3.8) is 0 Å². The van der Waals surface area contributed by atoms with Gasteiger partial charge >= 0.3 is 6.03 Å². The Morgan fingerprint density at radius 3 is 2.79 bits per heavy atom. The first-order chi connectivity index (χ1) is 11.8. The number of thiophene rings is 1. The topological polar surface area (TPSA) is 59.6 Å². The van der Waals surface area contributed by atoms with Crippen LogP contribution in [0.3, 0.4) is 0 Å². The SMILES string of the molecule is O=C(NCC1(c2ccsc2)CCCC1)Nc1ccc2c(c1)OCO2. The summed E-state index contributed by atoms with van der Waals surface area (Å²) in [5, 5.41) is 10.3. The Kier molecular flexibility index (Phi) is 4.06. The molecule has 1 aromatic heterocycles. The van der Waals surface area contributed by atoms with Crippen LogP contribution in [0, 0.1) is 0 Å². The van der Waals surface area contributed by atoms with Gasteiger partial charge in [0.25, 0.3) is 0 Å². The third-order valence-electron chi connectivity index (χ3n) is 4.91.